The number of likely N-dealkylation sites (tertiary alicyclic amines) is 1. The van der Waals surface area contributed by atoms with Gasteiger partial charge in [0.15, 0.2) is 0 Å². The fourth-order valence-electron chi connectivity index (χ4n) is 7.10. The number of benzene rings is 2. The molecule has 3 aliphatic heterocycles. The maximum Gasteiger partial charge on any atom is 0.250 e. The molecule has 3 N–H and O–H groups in total. The van der Waals surface area contributed by atoms with Crippen LogP contribution in [0.2, 0.25) is 0 Å². The molecule has 2 bridgehead atoms. The zero-order chi connectivity index (χ0) is 28.8. The Morgan fingerprint density at radius 3 is 2.35 bits per heavy atom. The van der Waals surface area contributed by atoms with Crippen molar-refractivity contribution in [1.82, 2.24) is 4.90 Å². The number of para-hydroxylation sites is 1. The van der Waals surface area contributed by atoms with Crippen molar-refractivity contribution in [2.75, 3.05) is 23.8 Å². The second-order valence-corrected chi connectivity index (χ2v) is 11.4. The quantitative estimate of drug-likeness (QED) is 0.438. The van der Waals surface area contributed by atoms with Gasteiger partial charge in [0, 0.05) is 11.4 Å². The average molecular weight is 550 g/mol. The number of amides is 3. The molecule has 3 amide bonds. The van der Waals surface area contributed by atoms with Crippen molar-refractivity contribution < 1.29 is 29.0 Å². The summed E-state index contributed by atoms with van der Waals surface area (Å²) in [5.74, 6) is -1.95. The van der Waals surface area contributed by atoms with Crippen LogP contribution in [0.5, 0.6) is 5.75 Å². The molecule has 6 atom stereocenters. The Kier molecular flexibility index (Phi) is 7.39. The Morgan fingerprint density at radius 1 is 1.07 bits per heavy atom. The number of carbonyl (C=O) groups excluding carboxylic acids is 3. The van der Waals surface area contributed by atoms with E-state index in [0.717, 1.165) is 11.1 Å². The van der Waals surface area contributed by atoms with E-state index in [1.807, 2.05) is 52.8 Å². The number of nitrogens with one attached hydrogen (secondary N) is 2. The summed E-state index contributed by atoms with van der Waals surface area (Å²) in [5.41, 5.74) is 1.02. The number of fused-ring (bicyclic) bond motifs is 1. The Balaban J connectivity index is 1.50. The number of aliphatic hydroxyl groups excluding tert-OH is 1. The SMILES string of the molecule is CCOc1ccc(NC(=O)[C@H]2[C@H]3C(=O)N([C@@H](CC)CO)C(C(=O)Nc4c(C)cccc4C)C34CC[C@]2(C)O4)cc1. The van der Waals surface area contributed by atoms with Gasteiger partial charge < -0.3 is 30.1 Å². The van der Waals surface area contributed by atoms with Crippen molar-refractivity contribution in [2.24, 2.45) is 11.8 Å². The fraction of sp³-hybridized carbons (Fsp3) is 0.516. The fourth-order valence-corrected chi connectivity index (χ4v) is 7.10. The Hall–Kier alpha value is -3.43. The maximum atomic E-state index is 14.2. The van der Waals surface area contributed by atoms with Crippen molar-refractivity contribution in [3.05, 3.63) is 53.6 Å². The number of nitrogens with zero attached hydrogens (tertiary/aromatic N) is 1. The number of carbonyl (C=O) groups is 3. The zero-order valence-corrected chi connectivity index (χ0v) is 23.8. The Labute approximate surface area is 235 Å². The first-order valence-electron chi connectivity index (χ1n) is 14.1. The first-order chi connectivity index (χ1) is 19.1. The summed E-state index contributed by atoms with van der Waals surface area (Å²) >= 11 is 0. The van der Waals surface area contributed by atoms with Crippen molar-refractivity contribution in [3.8, 4) is 5.75 Å². The molecule has 0 aromatic heterocycles. The molecule has 0 saturated carbocycles. The van der Waals surface area contributed by atoms with Crippen molar-refractivity contribution in [3.63, 3.8) is 0 Å². The molecule has 2 aromatic carbocycles. The molecule has 3 fully saturated rings. The van der Waals surface area contributed by atoms with Crippen LogP contribution in [0, 0.1) is 25.7 Å². The van der Waals surface area contributed by atoms with Crippen LogP contribution >= 0.6 is 0 Å². The number of rotatable bonds is 9. The number of hydrogen-bond acceptors (Lipinski definition) is 6. The Morgan fingerprint density at radius 2 is 1.75 bits per heavy atom. The first-order valence-corrected chi connectivity index (χ1v) is 14.1. The van der Waals surface area contributed by atoms with Gasteiger partial charge in [0.2, 0.25) is 17.7 Å². The van der Waals surface area contributed by atoms with Crippen LogP contribution in [-0.4, -0.2) is 64.2 Å². The highest BCUT2D eigenvalue weighted by atomic mass is 16.5. The lowest BCUT2D eigenvalue weighted by atomic mass is 9.66. The van der Waals surface area contributed by atoms with Crippen LogP contribution in [0.25, 0.3) is 0 Å². The van der Waals surface area contributed by atoms with Gasteiger partial charge in [-0.25, -0.2) is 0 Å². The molecule has 9 heteroatoms. The standard InChI is InChI=1S/C31H39N3O6/c1-6-21(17-35)34-26(28(37)33-25-18(3)9-8-10-19(25)4)31-16-15-30(5,40-31)23(24(31)29(34)38)27(36)32-20-11-13-22(14-12-20)39-7-2/h8-14,21,23-24,26,35H,6-7,15-17H2,1-5H3,(H,32,36)(H,33,37)/t21-,23+,24-,26?,30-,31?/m0/s1. The van der Waals surface area contributed by atoms with E-state index in [1.54, 1.807) is 24.3 Å². The predicted octanol–water partition coefficient (Wildman–Crippen LogP) is 3.81. The average Bonchev–Trinajstić information content (AvgIpc) is 3.49. The molecule has 0 radical (unpaired) electrons. The van der Waals surface area contributed by atoms with Crippen molar-refractivity contribution in [2.45, 2.75) is 77.2 Å². The van der Waals surface area contributed by atoms with Crippen LogP contribution in [0.1, 0.15) is 51.2 Å². The molecular formula is C31H39N3O6. The van der Waals surface area contributed by atoms with E-state index in [2.05, 4.69) is 10.6 Å². The smallest absolute Gasteiger partial charge is 0.250 e. The largest absolute Gasteiger partial charge is 0.494 e. The topological polar surface area (TPSA) is 117 Å². The highest BCUT2D eigenvalue weighted by Gasteiger charge is 2.78. The summed E-state index contributed by atoms with van der Waals surface area (Å²) in [6.45, 7) is 9.72. The normalized spacial score (nSPS) is 29.3. The summed E-state index contributed by atoms with van der Waals surface area (Å²) in [6, 6.07) is 11.3. The minimum Gasteiger partial charge on any atom is -0.494 e. The number of anilines is 2. The predicted molar refractivity (Wildman–Crippen MR) is 151 cm³/mol. The number of hydrogen-bond donors (Lipinski definition) is 3. The van der Waals surface area contributed by atoms with E-state index in [0.29, 0.717) is 43.0 Å². The highest BCUT2D eigenvalue weighted by Crippen LogP contribution is 2.63. The van der Waals surface area contributed by atoms with Crippen LogP contribution in [0.15, 0.2) is 42.5 Å². The molecule has 0 aliphatic carbocycles. The summed E-state index contributed by atoms with van der Waals surface area (Å²) in [4.78, 5) is 43.7. The first kappa shape index (κ1) is 28.1. The number of ether oxygens (including phenoxy) is 2. The van der Waals surface area contributed by atoms with Gasteiger partial charge in [0.1, 0.15) is 17.4 Å². The molecule has 3 aliphatic rings. The molecule has 2 unspecified atom stereocenters. The summed E-state index contributed by atoms with van der Waals surface area (Å²) in [6.07, 6.45) is 1.46. The minimum atomic E-state index is -1.17. The maximum absolute atomic E-state index is 14.2. The van der Waals surface area contributed by atoms with E-state index < -0.39 is 35.1 Å². The van der Waals surface area contributed by atoms with Crippen LogP contribution in [0.4, 0.5) is 11.4 Å². The number of aryl methyl sites for hydroxylation is 2. The second kappa shape index (κ2) is 10.5. The van der Waals surface area contributed by atoms with Gasteiger partial charge in [-0.05, 0) is 82.3 Å². The van der Waals surface area contributed by atoms with Gasteiger partial charge in [0.25, 0.3) is 0 Å². The van der Waals surface area contributed by atoms with E-state index in [-0.39, 0.29) is 24.3 Å². The van der Waals surface area contributed by atoms with Crippen LogP contribution in [0.3, 0.4) is 0 Å². The molecule has 1 spiro atoms. The zero-order valence-electron chi connectivity index (χ0n) is 23.8. The highest BCUT2D eigenvalue weighted by molar-refractivity contribution is 6.05. The lowest BCUT2D eigenvalue weighted by Gasteiger charge is -2.36. The van der Waals surface area contributed by atoms with Gasteiger partial charge in [-0.15, -0.1) is 0 Å². The third-order valence-corrected chi connectivity index (χ3v) is 8.98. The van der Waals surface area contributed by atoms with E-state index >= 15 is 0 Å². The summed E-state index contributed by atoms with van der Waals surface area (Å²) in [5, 5.41) is 16.3. The van der Waals surface area contributed by atoms with Gasteiger partial charge in [-0.3, -0.25) is 14.4 Å². The summed E-state index contributed by atoms with van der Waals surface area (Å²) in [7, 11) is 0. The van der Waals surface area contributed by atoms with E-state index in [1.165, 1.54) is 4.90 Å². The van der Waals surface area contributed by atoms with Gasteiger partial charge >= 0.3 is 0 Å². The third-order valence-electron chi connectivity index (χ3n) is 8.98. The second-order valence-electron chi connectivity index (χ2n) is 11.4. The minimum absolute atomic E-state index is 0.293. The molecule has 5 rings (SSSR count). The lowest BCUT2D eigenvalue weighted by Crippen LogP contribution is -2.56. The molecule has 2 aromatic rings. The van der Waals surface area contributed by atoms with Crippen molar-refractivity contribution >= 4 is 29.1 Å². The molecule has 3 saturated heterocycles. The molecule has 3 heterocycles. The molecule has 40 heavy (non-hydrogen) atoms. The van der Waals surface area contributed by atoms with E-state index in [9.17, 15) is 19.5 Å². The van der Waals surface area contributed by atoms with Crippen LogP contribution < -0.4 is 15.4 Å². The van der Waals surface area contributed by atoms with E-state index in [4.69, 9.17) is 9.47 Å². The van der Waals surface area contributed by atoms with Gasteiger partial charge in [-0.1, -0.05) is 25.1 Å². The van der Waals surface area contributed by atoms with Crippen LogP contribution in [-0.2, 0) is 19.1 Å². The molecular weight excluding hydrogens is 510 g/mol. The Bertz CT molecular complexity index is 1290. The monoisotopic (exact) mass is 549 g/mol. The molecule has 9 nitrogen and oxygen atoms in total. The van der Waals surface area contributed by atoms with Gasteiger partial charge in [0.05, 0.1) is 36.7 Å². The summed E-state index contributed by atoms with van der Waals surface area (Å²) < 4.78 is 12.2. The van der Waals surface area contributed by atoms with Crippen molar-refractivity contribution in [1.29, 1.82) is 0 Å². The number of aliphatic hydroxyl groups is 1. The third kappa shape index (κ3) is 4.36. The van der Waals surface area contributed by atoms with Gasteiger partial charge in [-0.2, -0.15) is 0 Å². The molecule has 214 valence electrons. The lowest BCUT2D eigenvalue weighted by molar-refractivity contribution is -0.146.